The zero-order chi connectivity index (χ0) is 19.6. The second-order valence-corrected chi connectivity index (χ2v) is 8.59. The van der Waals surface area contributed by atoms with Gasteiger partial charge < -0.3 is 14.4 Å². The van der Waals surface area contributed by atoms with Gasteiger partial charge in [-0.05, 0) is 48.2 Å². The number of hydrogen-bond acceptors (Lipinski definition) is 5. The van der Waals surface area contributed by atoms with E-state index in [9.17, 15) is 4.79 Å². The van der Waals surface area contributed by atoms with E-state index in [0.29, 0.717) is 6.61 Å². The summed E-state index contributed by atoms with van der Waals surface area (Å²) in [7, 11) is 0. The fourth-order valence-electron chi connectivity index (χ4n) is 4.13. The standard InChI is InChI=1S/C23H24N2O3S/c26-23(21-2-1-13-27-21)25-11-9-19(10-12-25)28-18-6-3-16(4-7-18)17-5-8-22-20(14-17)24-15-29-22/h3-8,14-15,19,21H,1-2,9-13H2/t21-/m1/s1. The molecule has 3 heterocycles. The maximum absolute atomic E-state index is 12.5. The van der Waals surface area contributed by atoms with Crippen LogP contribution >= 0.6 is 11.3 Å². The minimum absolute atomic E-state index is 0.153. The lowest BCUT2D eigenvalue weighted by molar-refractivity contribution is -0.142. The molecule has 5 rings (SSSR count). The van der Waals surface area contributed by atoms with E-state index >= 15 is 0 Å². The molecule has 1 atom stereocenters. The lowest BCUT2D eigenvalue weighted by atomic mass is 10.0. The van der Waals surface area contributed by atoms with Crippen LogP contribution in [0.15, 0.2) is 48.0 Å². The molecule has 1 aromatic heterocycles. The van der Waals surface area contributed by atoms with Gasteiger partial charge in [-0.2, -0.15) is 0 Å². The number of carbonyl (C=O) groups is 1. The molecule has 0 unspecified atom stereocenters. The number of thiazole rings is 1. The minimum Gasteiger partial charge on any atom is -0.490 e. The predicted molar refractivity (Wildman–Crippen MR) is 114 cm³/mol. The van der Waals surface area contributed by atoms with Crippen LogP contribution in [0.25, 0.3) is 21.3 Å². The molecule has 2 saturated heterocycles. The number of piperidine rings is 1. The molecule has 5 nitrogen and oxygen atoms in total. The monoisotopic (exact) mass is 408 g/mol. The molecule has 0 radical (unpaired) electrons. The van der Waals surface area contributed by atoms with Gasteiger partial charge in [-0.3, -0.25) is 4.79 Å². The molecule has 3 aromatic rings. The molecule has 0 aliphatic carbocycles. The number of aromatic nitrogens is 1. The quantitative estimate of drug-likeness (QED) is 0.637. The summed E-state index contributed by atoms with van der Waals surface area (Å²) >= 11 is 1.66. The summed E-state index contributed by atoms with van der Waals surface area (Å²) in [4.78, 5) is 18.8. The van der Waals surface area contributed by atoms with Gasteiger partial charge in [-0.15, -0.1) is 11.3 Å². The Labute approximate surface area is 174 Å². The smallest absolute Gasteiger partial charge is 0.251 e. The number of fused-ring (bicyclic) bond motifs is 1. The Bertz CT molecular complexity index is 987. The van der Waals surface area contributed by atoms with Crippen LogP contribution in [0.3, 0.4) is 0 Å². The average Bonchev–Trinajstić information content (AvgIpc) is 3.46. The van der Waals surface area contributed by atoms with Gasteiger partial charge in [0, 0.05) is 32.5 Å². The number of carbonyl (C=O) groups excluding carboxylic acids is 1. The molecule has 2 fully saturated rings. The molecule has 2 aliphatic rings. The zero-order valence-electron chi connectivity index (χ0n) is 16.3. The Hall–Kier alpha value is -2.44. The van der Waals surface area contributed by atoms with Gasteiger partial charge in [-0.1, -0.05) is 18.2 Å². The van der Waals surface area contributed by atoms with E-state index in [4.69, 9.17) is 9.47 Å². The Balaban J connectivity index is 1.18. The molecule has 0 bridgehead atoms. The van der Waals surface area contributed by atoms with Gasteiger partial charge >= 0.3 is 0 Å². The third-order valence-corrected chi connectivity index (χ3v) is 6.59. The van der Waals surface area contributed by atoms with Crippen LogP contribution in [0.4, 0.5) is 0 Å². The van der Waals surface area contributed by atoms with Gasteiger partial charge in [0.15, 0.2) is 0 Å². The largest absolute Gasteiger partial charge is 0.490 e. The third kappa shape index (κ3) is 4.00. The Morgan fingerprint density at radius 3 is 2.62 bits per heavy atom. The molecular weight excluding hydrogens is 384 g/mol. The molecule has 150 valence electrons. The molecule has 0 N–H and O–H groups in total. The zero-order valence-corrected chi connectivity index (χ0v) is 17.1. The molecule has 2 aromatic carbocycles. The highest BCUT2D eigenvalue weighted by Crippen LogP contribution is 2.28. The summed E-state index contributed by atoms with van der Waals surface area (Å²) in [6.07, 6.45) is 3.51. The normalized spacial score (nSPS) is 20.3. The van der Waals surface area contributed by atoms with E-state index < -0.39 is 0 Å². The number of benzene rings is 2. The SMILES string of the molecule is O=C([C@H]1CCCO1)N1CCC(Oc2ccc(-c3ccc4scnc4c3)cc2)CC1. The fraction of sp³-hybridized carbons (Fsp3) is 0.391. The number of likely N-dealkylation sites (tertiary alicyclic amines) is 1. The fourth-order valence-corrected chi connectivity index (χ4v) is 4.78. The van der Waals surface area contributed by atoms with Crippen LogP contribution in [0.2, 0.25) is 0 Å². The number of ether oxygens (including phenoxy) is 2. The van der Waals surface area contributed by atoms with E-state index in [1.54, 1.807) is 11.3 Å². The van der Waals surface area contributed by atoms with Crippen molar-refractivity contribution in [3.05, 3.63) is 48.0 Å². The number of nitrogens with zero attached hydrogens (tertiary/aromatic N) is 2. The molecule has 0 spiro atoms. The summed E-state index contributed by atoms with van der Waals surface area (Å²) in [5.41, 5.74) is 5.24. The molecule has 2 aliphatic heterocycles. The first-order valence-electron chi connectivity index (χ1n) is 10.3. The topological polar surface area (TPSA) is 51.7 Å². The van der Waals surface area contributed by atoms with Crippen molar-refractivity contribution in [2.75, 3.05) is 19.7 Å². The van der Waals surface area contributed by atoms with Crippen molar-refractivity contribution in [2.45, 2.75) is 37.9 Å². The van der Waals surface area contributed by atoms with Crippen LogP contribution < -0.4 is 4.74 Å². The van der Waals surface area contributed by atoms with E-state index in [2.05, 4.69) is 35.3 Å². The second kappa shape index (κ2) is 8.13. The predicted octanol–water partition coefficient (Wildman–Crippen LogP) is 4.51. The van der Waals surface area contributed by atoms with Crippen molar-refractivity contribution in [3.8, 4) is 16.9 Å². The Kier molecular flexibility index (Phi) is 5.21. The second-order valence-electron chi connectivity index (χ2n) is 7.70. The minimum atomic E-state index is -0.219. The third-order valence-electron chi connectivity index (χ3n) is 5.78. The molecule has 29 heavy (non-hydrogen) atoms. The number of hydrogen-bond donors (Lipinski definition) is 0. The number of amides is 1. The Morgan fingerprint density at radius 2 is 1.86 bits per heavy atom. The lowest BCUT2D eigenvalue weighted by Gasteiger charge is -2.33. The average molecular weight is 409 g/mol. The lowest BCUT2D eigenvalue weighted by Crippen LogP contribution is -2.45. The van der Waals surface area contributed by atoms with Gasteiger partial charge in [0.25, 0.3) is 5.91 Å². The van der Waals surface area contributed by atoms with Crippen molar-refractivity contribution in [1.29, 1.82) is 0 Å². The van der Waals surface area contributed by atoms with E-state index in [-0.39, 0.29) is 18.1 Å². The van der Waals surface area contributed by atoms with Gasteiger partial charge in [0.1, 0.15) is 18.0 Å². The van der Waals surface area contributed by atoms with E-state index in [1.807, 2.05) is 22.5 Å². The first-order chi connectivity index (χ1) is 14.3. The maximum Gasteiger partial charge on any atom is 0.251 e. The number of rotatable bonds is 4. The highest BCUT2D eigenvalue weighted by Gasteiger charge is 2.31. The van der Waals surface area contributed by atoms with Gasteiger partial charge in [-0.25, -0.2) is 4.98 Å². The van der Waals surface area contributed by atoms with Crippen molar-refractivity contribution in [1.82, 2.24) is 9.88 Å². The van der Waals surface area contributed by atoms with Gasteiger partial charge in [0.2, 0.25) is 0 Å². The molecule has 6 heteroatoms. The highest BCUT2D eigenvalue weighted by atomic mass is 32.1. The van der Waals surface area contributed by atoms with Crippen molar-refractivity contribution in [3.63, 3.8) is 0 Å². The van der Waals surface area contributed by atoms with Crippen molar-refractivity contribution in [2.24, 2.45) is 0 Å². The van der Waals surface area contributed by atoms with Crippen LogP contribution in [-0.2, 0) is 9.53 Å². The van der Waals surface area contributed by atoms with E-state index in [1.165, 1.54) is 4.70 Å². The van der Waals surface area contributed by atoms with Crippen LogP contribution in [0, 0.1) is 0 Å². The highest BCUT2D eigenvalue weighted by molar-refractivity contribution is 7.16. The molecule has 0 saturated carbocycles. The summed E-state index contributed by atoms with van der Waals surface area (Å²) in [6.45, 7) is 2.20. The summed E-state index contributed by atoms with van der Waals surface area (Å²) < 4.78 is 12.9. The first kappa shape index (κ1) is 18.6. The van der Waals surface area contributed by atoms with Crippen LogP contribution in [0.1, 0.15) is 25.7 Å². The van der Waals surface area contributed by atoms with Crippen LogP contribution in [0.5, 0.6) is 5.75 Å². The molecule has 1 amide bonds. The Morgan fingerprint density at radius 1 is 1.07 bits per heavy atom. The van der Waals surface area contributed by atoms with Crippen molar-refractivity contribution >= 4 is 27.5 Å². The summed E-state index contributed by atoms with van der Waals surface area (Å²) in [6, 6.07) is 14.6. The molecular formula is C23H24N2O3S. The summed E-state index contributed by atoms with van der Waals surface area (Å²) in [5.74, 6) is 1.04. The van der Waals surface area contributed by atoms with E-state index in [0.717, 1.165) is 61.2 Å². The first-order valence-corrected chi connectivity index (χ1v) is 11.1. The van der Waals surface area contributed by atoms with Gasteiger partial charge in [0.05, 0.1) is 15.7 Å². The maximum atomic E-state index is 12.5. The van der Waals surface area contributed by atoms with Crippen molar-refractivity contribution < 1.29 is 14.3 Å². The van der Waals surface area contributed by atoms with Crippen LogP contribution in [-0.4, -0.2) is 47.7 Å². The summed E-state index contributed by atoms with van der Waals surface area (Å²) in [5, 5.41) is 0.